The Hall–Kier alpha value is -2.08. The summed E-state index contributed by atoms with van der Waals surface area (Å²) in [6.45, 7) is 5.54. The minimum absolute atomic E-state index is 0.0110. The third-order valence-electron chi connectivity index (χ3n) is 5.18. The third kappa shape index (κ3) is 5.73. The van der Waals surface area contributed by atoms with Crippen molar-refractivity contribution in [1.29, 1.82) is 0 Å². The SMILES string of the molecule is CCC(NC(=O)N1CCCC(N(C)CC(=O)O)CC1)c1ccc(C)cc1. The van der Waals surface area contributed by atoms with Crippen LogP contribution in [0.3, 0.4) is 0 Å². The van der Waals surface area contributed by atoms with Crippen LogP contribution in [0.5, 0.6) is 0 Å². The minimum atomic E-state index is -0.810. The van der Waals surface area contributed by atoms with Gasteiger partial charge in [0.15, 0.2) is 0 Å². The van der Waals surface area contributed by atoms with Crippen molar-refractivity contribution in [2.24, 2.45) is 0 Å². The molecular weight excluding hydrogens is 330 g/mol. The number of likely N-dealkylation sites (tertiary alicyclic amines) is 1. The van der Waals surface area contributed by atoms with Gasteiger partial charge in [-0.3, -0.25) is 9.69 Å². The van der Waals surface area contributed by atoms with Gasteiger partial charge in [-0.2, -0.15) is 0 Å². The number of rotatable bonds is 6. The van der Waals surface area contributed by atoms with E-state index in [4.69, 9.17) is 5.11 Å². The van der Waals surface area contributed by atoms with E-state index in [-0.39, 0.29) is 24.7 Å². The quantitative estimate of drug-likeness (QED) is 0.817. The van der Waals surface area contributed by atoms with Crippen molar-refractivity contribution in [1.82, 2.24) is 15.1 Å². The highest BCUT2D eigenvalue weighted by Gasteiger charge is 2.25. The lowest BCUT2D eigenvalue weighted by Crippen LogP contribution is -2.42. The molecule has 1 saturated heterocycles. The summed E-state index contributed by atoms with van der Waals surface area (Å²) in [6, 6.07) is 8.48. The van der Waals surface area contributed by atoms with Gasteiger partial charge in [0.1, 0.15) is 0 Å². The molecule has 0 bridgehead atoms. The predicted octanol–water partition coefficient (Wildman–Crippen LogP) is 3.03. The molecule has 0 aliphatic carbocycles. The second-order valence-electron chi connectivity index (χ2n) is 7.20. The maximum Gasteiger partial charge on any atom is 0.317 e. The van der Waals surface area contributed by atoms with Crippen molar-refractivity contribution in [2.45, 2.75) is 51.6 Å². The largest absolute Gasteiger partial charge is 0.480 e. The second-order valence-corrected chi connectivity index (χ2v) is 7.20. The zero-order valence-corrected chi connectivity index (χ0v) is 16.1. The Balaban J connectivity index is 1.92. The zero-order valence-electron chi connectivity index (χ0n) is 16.1. The summed E-state index contributed by atoms with van der Waals surface area (Å²) in [5.74, 6) is -0.810. The lowest BCUT2D eigenvalue weighted by molar-refractivity contribution is -0.138. The number of hydrogen-bond acceptors (Lipinski definition) is 3. The summed E-state index contributed by atoms with van der Waals surface area (Å²) in [5.41, 5.74) is 2.33. The number of benzene rings is 1. The van der Waals surface area contributed by atoms with Gasteiger partial charge >= 0.3 is 12.0 Å². The monoisotopic (exact) mass is 361 g/mol. The number of carboxylic acid groups (broad SMARTS) is 1. The molecule has 1 aromatic carbocycles. The minimum Gasteiger partial charge on any atom is -0.480 e. The molecular formula is C20H31N3O3. The van der Waals surface area contributed by atoms with Crippen LogP contribution < -0.4 is 5.32 Å². The number of aliphatic carboxylic acids is 1. The summed E-state index contributed by atoms with van der Waals surface area (Å²) in [6.07, 6.45) is 3.46. The van der Waals surface area contributed by atoms with E-state index in [0.29, 0.717) is 13.1 Å². The van der Waals surface area contributed by atoms with Crippen molar-refractivity contribution in [3.05, 3.63) is 35.4 Å². The van der Waals surface area contributed by atoms with Crippen molar-refractivity contribution < 1.29 is 14.7 Å². The number of carbonyl (C=O) groups excluding carboxylic acids is 1. The average molecular weight is 361 g/mol. The highest BCUT2D eigenvalue weighted by atomic mass is 16.4. The van der Waals surface area contributed by atoms with Gasteiger partial charge in [-0.05, 0) is 45.2 Å². The first-order valence-electron chi connectivity index (χ1n) is 9.44. The molecule has 2 amide bonds. The Morgan fingerprint density at radius 1 is 1.27 bits per heavy atom. The number of carboxylic acids is 1. The van der Waals surface area contributed by atoms with E-state index in [1.807, 2.05) is 16.8 Å². The van der Waals surface area contributed by atoms with Crippen molar-refractivity contribution in [3.8, 4) is 0 Å². The van der Waals surface area contributed by atoms with E-state index in [9.17, 15) is 9.59 Å². The van der Waals surface area contributed by atoms with Crippen LogP contribution in [0.2, 0.25) is 0 Å². The number of carbonyl (C=O) groups is 2. The molecule has 0 aromatic heterocycles. The smallest absolute Gasteiger partial charge is 0.317 e. The van der Waals surface area contributed by atoms with Gasteiger partial charge in [0.05, 0.1) is 12.6 Å². The molecule has 1 heterocycles. The van der Waals surface area contributed by atoms with Gasteiger partial charge in [0.25, 0.3) is 0 Å². The van der Waals surface area contributed by atoms with Crippen LogP contribution in [0.4, 0.5) is 4.79 Å². The normalized spacial score (nSPS) is 19.1. The molecule has 2 unspecified atom stereocenters. The number of amides is 2. The number of urea groups is 1. The van der Waals surface area contributed by atoms with E-state index < -0.39 is 5.97 Å². The standard InChI is InChI=1S/C20H31N3O3/c1-4-18(16-9-7-15(2)8-10-16)21-20(26)23-12-5-6-17(11-13-23)22(3)14-19(24)25/h7-10,17-18H,4-6,11-14H2,1-3H3,(H,21,26)(H,24,25). The van der Waals surface area contributed by atoms with Crippen molar-refractivity contribution >= 4 is 12.0 Å². The Bertz CT molecular complexity index is 603. The molecule has 26 heavy (non-hydrogen) atoms. The first-order valence-corrected chi connectivity index (χ1v) is 9.44. The van der Waals surface area contributed by atoms with E-state index >= 15 is 0 Å². The topological polar surface area (TPSA) is 72.9 Å². The van der Waals surface area contributed by atoms with E-state index in [2.05, 4.69) is 43.4 Å². The second kappa shape index (κ2) is 9.57. The summed E-state index contributed by atoms with van der Waals surface area (Å²) in [7, 11) is 1.85. The zero-order chi connectivity index (χ0) is 19.1. The molecule has 2 N–H and O–H groups in total. The number of nitrogens with one attached hydrogen (secondary N) is 1. The summed E-state index contributed by atoms with van der Waals surface area (Å²) in [4.78, 5) is 27.4. The first-order chi connectivity index (χ1) is 12.4. The first kappa shape index (κ1) is 20.2. The Kier molecular flexibility index (Phi) is 7.45. The number of hydrogen-bond donors (Lipinski definition) is 2. The predicted molar refractivity (Wildman–Crippen MR) is 102 cm³/mol. The maximum atomic E-state index is 12.7. The number of likely N-dealkylation sites (N-methyl/N-ethyl adjacent to an activating group) is 1. The lowest BCUT2D eigenvalue weighted by atomic mass is 10.0. The van der Waals surface area contributed by atoms with Crippen LogP contribution in [-0.2, 0) is 4.79 Å². The van der Waals surface area contributed by atoms with Crippen molar-refractivity contribution in [2.75, 3.05) is 26.7 Å². The van der Waals surface area contributed by atoms with Gasteiger partial charge in [0, 0.05) is 19.1 Å². The maximum absolute atomic E-state index is 12.7. The molecule has 1 aliphatic heterocycles. The van der Waals surface area contributed by atoms with Crippen LogP contribution in [-0.4, -0.2) is 59.6 Å². The van der Waals surface area contributed by atoms with Gasteiger partial charge in [-0.1, -0.05) is 36.8 Å². The van der Waals surface area contributed by atoms with Gasteiger partial charge in [0.2, 0.25) is 0 Å². The van der Waals surface area contributed by atoms with Gasteiger partial charge < -0.3 is 15.3 Å². The summed E-state index contributed by atoms with van der Waals surface area (Å²) in [5, 5.41) is 12.1. The molecule has 0 spiro atoms. The molecule has 2 rings (SSSR count). The summed E-state index contributed by atoms with van der Waals surface area (Å²) < 4.78 is 0. The Morgan fingerprint density at radius 3 is 2.58 bits per heavy atom. The average Bonchev–Trinajstić information content (AvgIpc) is 2.86. The van der Waals surface area contributed by atoms with Crippen LogP contribution in [0.25, 0.3) is 0 Å². The van der Waals surface area contributed by atoms with Crippen LogP contribution >= 0.6 is 0 Å². The molecule has 1 aromatic rings. The Morgan fingerprint density at radius 2 is 1.96 bits per heavy atom. The molecule has 6 heteroatoms. The number of aryl methyl sites for hydroxylation is 1. The highest BCUT2D eigenvalue weighted by molar-refractivity contribution is 5.74. The molecule has 2 atom stereocenters. The Labute approximate surface area is 156 Å². The number of nitrogens with zero attached hydrogens (tertiary/aromatic N) is 2. The molecule has 144 valence electrons. The lowest BCUT2D eigenvalue weighted by Gasteiger charge is -2.27. The van der Waals surface area contributed by atoms with E-state index in [1.165, 1.54) is 5.56 Å². The van der Waals surface area contributed by atoms with Crippen LogP contribution in [0.15, 0.2) is 24.3 Å². The molecule has 0 saturated carbocycles. The highest BCUT2D eigenvalue weighted by Crippen LogP contribution is 2.19. The van der Waals surface area contributed by atoms with E-state index in [1.54, 1.807) is 0 Å². The van der Waals surface area contributed by atoms with Gasteiger partial charge in [-0.25, -0.2) is 4.79 Å². The van der Waals surface area contributed by atoms with Crippen LogP contribution in [0.1, 0.15) is 49.8 Å². The summed E-state index contributed by atoms with van der Waals surface area (Å²) >= 11 is 0. The van der Waals surface area contributed by atoms with Crippen LogP contribution in [0, 0.1) is 6.92 Å². The van der Waals surface area contributed by atoms with Crippen molar-refractivity contribution in [3.63, 3.8) is 0 Å². The fraction of sp³-hybridized carbons (Fsp3) is 0.600. The molecule has 0 radical (unpaired) electrons. The molecule has 1 fully saturated rings. The fourth-order valence-electron chi connectivity index (χ4n) is 3.53. The van der Waals surface area contributed by atoms with Gasteiger partial charge in [-0.15, -0.1) is 0 Å². The fourth-order valence-corrected chi connectivity index (χ4v) is 3.53. The van der Waals surface area contributed by atoms with E-state index in [0.717, 1.165) is 31.2 Å². The third-order valence-corrected chi connectivity index (χ3v) is 5.18. The molecule has 6 nitrogen and oxygen atoms in total. The molecule has 1 aliphatic rings.